The molecule has 0 saturated carbocycles. The van der Waals surface area contributed by atoms with Crippen LogP contribution in [0.4, 0.5) is 0 Å². The summed E-state index contributed by atoms with van der Waals surface area (Å²) in [6.07, 6.45) is 0.464. The molecular weight excluding hydrogens is 248 g/mol. The van der Waals surface area contributed by atoms with Gasteiger partial charge in [0.05, 0.1) is 11.4 Å². The largest absolute Gasteiger partial charge is 0.481 e. The molecule has 19 heavy (non-hydrogen) atoms. The first kappa shape index (κ1) is 13.4. The number of aromatic amines is 1. The van der Waals surface area contributed by atoms with Gasteiger partial charge in [-0.15, -0.1) is 0 Å². The van der Waals surface area contributed by atoms with Crippen molar-refractivity contribution in [1.82, 2.24) is 10.3 Å². The monoisotopic (exact) mass is 264 g/mol. The van der Waals surface area contributed by atoms with E-state index in [2.05, 4.69) is 10.3 Å². The fourth-order valence-electron chi connectivity index (χ4n) is 2.05. The van der Waals surface area contributed by atoms with Gasteiger partial charge in [-0.2, -0.15) is 0 Å². The Morgan fingerprint density at radius 3 is 2.89 bits per heavy atom. The van der Waals surface area contributed by atoms with Crippen LogP contribution in [0.25, 0.3) is 11.1 Å². The van der Waals surface area contributed by atoms with Crippen molar-refractivity contribution in [3.8, 4) is 0 Å². The number of H-pyrrole nitrogens is 1. The van der Waals surface area contributed by atoms with Crippen molar-refractivity contribution in [2.45, 2.75) is 19.4 Å². The third-order valence-electron chi connectivity index (χ3n) is 3.21. The minimum atomic E-state index is -0.825. The van der Waals surface area contributed by atoms with Crippen molar-refractivity contribution in [2.24, 2.45) is 5.92 Å². The average molecular weight is 264 g/mol. The summed E-state index contributed by atoms with van der Waals surface area (Å²) < 4.78 is 5.00. The maximum absolute atomic E-state index is 11.1. The van der Waals surface area contributed by atoms with Gasteiger partial charge in [0.15, 0.2) is 5.58 Å². The van der Waals surface area contributed by atoms with Crippen LogP contribution >= 0.6 is 0 Å². The van der Waals surface area contributed by atoms with Gasteiger partial charge in [0.25, 0.3) is 0 Å². The van der Waals surface area contributed by atoms with E-state index in [0.29, 0.717) is 17.5 Å². The Balaban J connectivity index is 2.29. The molecule has 1 heterocycles. The fourth-order valence-corrected chi connectivity index (χ4v) is 2.05. The number of aromatic nitrogens is 1. The number of oxazole rings is 1. The third-order valence-corrected chi connectivity index (χ3v) is 3.21. The van der Waals surface area contributed by atoms with E-state index in [1.165, 1.54) is 0 Å². The van der Waals surface area contributed by atoms with Crippen LogP contribution in [0.5, 0.6) is 0 Å². The number of benzene rings is 1. The van der Waals surface area contributed by atoms with E-state index in [-0.39, 0.29) is 6.04 Å². The molecule has 3 N–H and O–H groups in total. The Bertz CT molecular complexity index is 643. The summed E-state index contributed by atoms with van der Waals surface area (Å²) in [5, 5.41) is 12.0. The van der Waals surface area contributed by atoms with Gasteiger partial charge in [-0.1, -0.05) is 13.0 Å². The van der Waals surface area contributed by atoms with E-state index in [1.807, 2.05) is 6.07 Å². The molecule has 2 aromatic rings. The minimum Gasteiger partial charge on any atom is -0.481 e. The Hall–Kier alpha value is -2.08. The molecule has 102 valence electrons. The average Bonchev–Trinajstić information content (AvgIpc) is 2.74. The molecule has 0 spiro atoms. The van der Waals surface area contributed by atoms with E-state index in [0.717, 1.165) is 5.56 Å². The Kier molecular flexibility index (Phi) is 3.71. The molecule has 2 rings (SSSR count). The summed E-state index contributed by atoms with van der Waals surface area (Å²) in [6, 6.07) is 5.26. The van der Waals surface area contributed by atoms with Crippen molar-refractivity contribution in [3.63, 3.8) is 0 Å². The van der Waals surface area contributed by atoms with E-state index < -0.39 is 17.6 Å². The molecule has 0 bridgehead atoms. The summed E-state index contributed by atoms with van der Waals surface area (Å²) in [6.45, 7) is 1.67. The summed E-state index contributed by atoms with van der Waals surface area (Å²) in [5.41, 5.74) is 2.01. The van der Waals surface area contributed by atoms with Gasteiger partial charge < -0.3 is 14.8 Å². The molecule has 6 heteroatoms. The normalized spacial score (nSPS) is 14.4. The lowest BCUT2D eigenvalue weighted by molar-refractivity contribution is -0.141. The molecule has 1 aromatic heterocycles. The minimum absolute atomic E-state index is 0.101. The molecule has 6 nitrogen and oxygen atoms in total. The summed E-state index contributed by atoms with van der Waals surface area (Å²) in [5.74, 6) is -1.77. The summed E-state index contributed by atoms with van der Waals surface area (Å²) >= 11 is 0. The first-order valence-electron chi connectivity index (χ1n) is 6.04. The fraction of sp³-hybridized carbons (Fsp3) is 0.385. The highest BCUT2D eigenvalue weighted by Gasteiger charge is 2.19. The van der Waals surface area contributed by atoms with Gasteiger partial charge in [0.1, 0.15) is 0 Å². The van der Waals surface area contributed by atoms with Crippen LogP contribution in [0.1, 0.15) is 24.9 Å². The van der Waals surface area contributed by atoms with Crippen molar-refractivity contribution >= 4 is 17.1 Å². The number of carbonyl (C=O) groups is 1. The first-order valence-corrected chi connectivity index (χ1v) is 6.04. The predicted octanol–water partition coefficient (Wildman–Crippen LogP) is 1.49. The van der Waals surface area contributed by atoms with Crippen LogP contribution in [-0.2, 0) is 4.79 Å². The lowest BCUT2D eigenvalue weighted by Crippen LogP contribution is -2.22. The molecule has 0 aliphatic heterocycles. The molecule has 0 radical (unpaired) electrons. The number of aliphatic carboxylic acids is 1. The molecule has 0 amide bonds. The van der Waals surface area contributed by atoms with Gasteiger partial charge in [-0.05, 0) is 31.2 Å². The molecule has 0 saturated heterocycles. The van der Waals surface area contributed by atoms with Gasteiger partial charge in [0.2, 0.25) is 0 Å². The highest BCUT2D eigenvalue weighted by Crippen LogP contribution is 2.24. The second-order valence-corrected chi connectivity index (χ2v) is 4.59. The maximum Gasteiger partial charge on any atom is 0.417 e. The van der Waals surface area contributed by atoms with E-state index >= 15 is 0 Å². The third kappa shape index (κ3) is 2.85. The number of fused-ring (bicyclic) bond motifs is 1. The van der Waals surface area contributed by atoms with Crippen molar-refractivity contribution in [2.75, 3.05) is 7.05 Å². The number of hydrogen-bond acceptors (Lipinski definition) is 4. The van der Waals surface area contributed by atoms with Gasteiger partial charge in [0, 0.05) is 6.04 Å². The van der Waals surface area contributed by atoms with Crippen molar-refractivity contribution < 1.29 is 14.3 Å². The first-order chi connectivity index (χ1) is 9.01. The standard InChI is InChI=1S/C13H16N2O4/c1-7(12(16)17)5-10(14-2)8-3-4-9-11(6-8)19-13(18)15-9/h3-4,6-7,10,14H,5H2,1-2H3,(H,15,18)(H,16,17). The highest BCUT2D eigenvalue weighted by molar-refractivity contribution is 5.73. The van der Waals surface area contributed by atoms with Crippen LogP contribution < -0.4 is 11.1 Å². The zero-order valence-corrected chi connectivity index (χ0v) is 10.8. The SMILES string of the molecule is CNC(CC(C)C(=O)O)c1ccc2[nH]c(=O)oc2c1. The Morgan fingerprint density at radius 2 is 2.26 bits per heavy atom. The zero-order chi connectivity index (χ0) is 14.0. The second-order valence-electron chi connectivity index (χ2n) is 4.59. The highest BCUT2D eigenvalue weighted by atomic mass is 16.4. The topological polar surface area (TPSA) is 95.3 Å². The van der Waals surface area contributed by atoms with Crippen LogP contribution in [-0.4, -0.2) is 23.1 Å². The van der Waals surface area contributed by atoms with E-state index in [4.69, 9.17) is 9.52 Å². The number of carboxylic acid groups (broad SMARTS) is 1. The quantitative estimate of drug-likeness (QED) is 0.760. The molecule has 2 unspecified atom stereocenters. The number of rotatable bonds is 5. The molecule has 0 aliphatic rings. The van der Waals surface area contributed by atoms with Crippen LogP contribution in [0.2, 0.25) is 0 Å². The number of carboxylic acids is 1. The zero-order valence-electron chi connectivity index (χ0n) is 10.8. The predicted molar refractivity (Wildman–Crippen MR) is 70.1 cm³/mol. The maximum atomic E-state index is 11.1. The molecule has 0 fully saturated rings. The van der Waals surface area contributed by atoms with Crippen LogP contribution in [0.15, 0.2) is 27.4 Å². The smallest absolute Gasteiger partial charge is 0.417 e. The van der Waals surface area contributed by atoms with Crippen LogP contribution in [0.3, 0.4) is 0 Å². The summed E-state index contributed by atoms with van der Waals surface area (Å²) in [7, 11) is 1.77. The van der Waals surface area contributed by atoms with Gasteiger partial charge in [-0.25, -0.2) is 4.79 Å². The lowest BCUT2D eigenvalue weighted by Gasteiger charge is -2.18. The second kappa shape index (κ2) is 5.27. The number of hydrogen-bond donors (Lipinski definition) is 3. The molecule has 2 atom stereocenters. The van der Waals surface area contributed by atoms with Crippen LogP contribution in [0, 0.1) is 5.92 Å². The Labute approximate surface area is 109 Å². The summed E-state index contributed by atoms with van der Waals surface area (Å²) in [4.78, 5) is 24.6. The number of nitrogens with one attached hydrogen (secondary N) is 2. The lowest BCUT2D eigenvalue weighted by atomic mass is 9.96. The van der Waals surface area contributed by atoms with Crippen molar-refractivity contribution in [1.29, 1.82) is 0 Å². The van der Waals surface area contributed by atoms with E-state index in [9.17, 15) is 9.59 Å². The van der Waals surface area contributed by atoms with Crippen molar-refractivity contribution in [3.05, 3.63) is 34.3 Å². The Morgan fingerprint density at radius 1 is 1.53 bits per heavy atom. The molecule has 0 aliphatic carbocycles. The molecule has 1 aromatic carbocycles. The van der Waals surface area contributed by atoms with Gasteiger partial charge in [-0.3, -0.25) is 9.78 Å². The van der Waals surface area contributed by atoms with Gasteiger partial charge >= 0.3 is 11.7 Å². The molecular formula is C13H16N2O4. The van der Waals surface area contributed by atoms with E-state index in [1.54, 1.807) is 26.1 Å².